The number of nitrogens with zero attached hydrogens (tertiary/aromatic N) is 1. The second-order valence-corrected chi connectivity index (χ2v) is 9.75. The van der Waals surface area contributed by atoms with Crippen LogP contribution < -0.4 is 19.6 Å². The molecule has 0 saturated heterocycles. The maximum atomic E-state index is 12.8. The van der Waals surface area contributed by atoms with Crippen molar-refractivity contribution < 1.29 is 26.9 Å². The highest BCUT2D eigenvalue weighted by Gasteiger charge is 2.20. The van der Waals surface area contributed by atoms with Gasteiger partial charge in [0.25, 0.3) is 5.91 Å². The first-order chi connectivity index (χ1) is 17.1. The van der Waals surface area contributed by atoms with Gasteiger partial charge >= 0.3 is 10.1 Å². The molecule has 2 N–H and O–H groups in total. The fourth-order valence-electron chi connectivity index (χ4n) is 2.97. The molecule has 184 valence electrons. The number of halogens is 1. The van der Waals surface area contributed by atoms with Crippen LogP contribution in [-0.4, -0.2) is 27.3 Å². The van der Waals surface area contributed by atoms with Crippen molar-refractivity contribution in [3.8, 4) is 17.6 Å². The third-order valence-corrected chi connectivity index (χ3v) is 6.41. The van der Waals surface area contributed by atoms with E-state index < -0.39 is 16.0 Å². The highest BCUT2D eigenvalue weighted by atomic mass is 79.9. The van der Waals surface area contributed by atoms with Crippen LogP contribution in [0.25, 0.3) is 6.08 Å². The van der Waals surface area contributed by atoms with Crippen molar-refractivity contribution in [1.29, 1.82) is 5.26 Å². The largest absolute Gasteiger partial charge is 0.493 e. The Morgan fingerprint density at radius 3 is 2.14 bits per heavy atom. The van der Waals surface area contributed by atoms with Crippen LogP contribution in [0.1, 0.15) is 12.5 Å². The molecule has 0 bridgehead atoms. The van der Waals surface area contributed by atoms with Gasteiger partial charge < -0.3 is 19.6 Å². The number of benzene rings is 3. The number of rotatable bonds is 8. The normalized spacial score (nSPS) is 11.2. The lowest BCUT2D eigenvalue weighted by Crippen LogP contribution is -2.13. The van der Waals surface area contributed by atoms with Crippen LogP contribution in [0.15, 0.2) is 81.7 Å². The Morgan fingerprint density at radius 2 is 1.56 bits per heavy atom. The lowest BCUT2D eigenvalue weighted by atomic mass is 10.1. The minimum atomic E-state index is -4.26. The number of methoxy groups -OCH3 is 1. The van der Waals surface area contributed by atoms with E-state index in [1.807, 2.05) is 6.07 Å². The molecule has 0 aliphatic heterocycles. The van der Waals surface area contributed by atoms with E-state index in [9.17, 15) is 23.3 Å². The minimum absolute atomic E-state index is 0.128. The second-order valence-electron chi connectivity index (χ2n) is 7.28. The maximum absolute atomic E-state index is 12.8. The molecule has 3 aromatic carbocycles. The van der Waals surface area contributed by atoms with Crippen LogP contribution in [0.2, 0.25) is 0 Å². The molecule has 0 fully saturated rings. The standard InChI is InChI=1S/C25H20BrN3O6S/c1-16(30)28-20-8-10-22(11-9-20)36(32,33)35-24-14-17(3-12-23(24)34-2)13-18(15-27)25(31)29-21-6-4-19(26)5-7-21/h3-14H,1-2H3,(H,28,30)(H,29,31)/b18-13+. The lowest BCUT2D eigenvalue weighted by molar-refractivity contribution is -0.114. The summed E-state index contributed by atoms with van der Waals surface area (Å²) in [6, 6.07) is 18.4. The van der Waals surface area contributed by atoms with E-state index in [4.69, 9.17) is 8.92 Å². The van der Waals surface area contributed by atoms with E-state index in [1.54, 1.807) is 30.3 Å². The predicted octanol–water partition coefficient (Wildman–Crippen LogP) is 4.73. The van der Waals surface area contributed by atoms with Gasteiger partial charge in [-0.15, -0.1) is 0 Å². The summed E-state index contributed by atoms with van der Waals surface area (Å²) in [5, 5.41) is 14.7. The number of nitrogens with one attached hydrogen (secondary N) is 2. The number of hydrogen-bond acceptors (Lipinski definition) is 7. The van der Waals surface area contributed by atoms with Gasteiger partial charge in [-0.25, -0.2) is 0 Å². The van der Waals surface area contributed by atoms with Crippen molar-refractivity contribution in [2.75, 3.05) is 17.7 Å². The quantitative estimate of drug-likeness (QED) is 0.227. The van der Waals surface area contributed by atoms with Gasteiger partial charge in [-0.05, 0) is 72.3 Å². The molecule has 0 aromatic heterocycles. The number of hydrogen-bond donors (Lipinski definition) is 2. The molecule has 0 aliphatic carbocycles. The molecule has 0 unspecified atom stereocenters. The highest BCUT2D eigenvalue weighted by Crippen LogP contribution is 2.32. The Morgan fingerprint density at radius 1 is 0.944 bits per heavy atom. The van der Waals surface area contributed by atoms with Crippen LogP contribution in [0.5, 0.6) is 11.5 Å². The molecule has 11 heteroatoms. The van der Waals surface area contributed by atoms with Gasteiger partial charge in [0.05, 0.1) is 7.11 Å². The molecule has 0 saturated carbocycles. The van der Waals surface area contributed by atoms with Crippen LogP contribution in [0.4, 0.5) is 11.4 Å². The van der Waals surface area contributed by atoms with E-state index in [0.717, 1.165) is 4.47 Å². The van der Waals surface area contributed by atoms with Crippen molar-refractivity contribution >= 4 is 55.3 Å². The SMILES string of the molecule is COc1ccc(/C=C(\C#N)C(=O)Nc2ccc(Br)cc2)cc1OS(=O)(=O)c1ccc(NC(C)=O)cc1. The first kappa shape index (κ1) is 26.5. The van der Waals surface area contributed by atoms with E-state index in [-0.39, 0.29) is 27.9 Å². The molecule has 3 aromatic rings. The number of carbonyl (C=O) groups is 2. The van der Waals surface area contributed by atoms with Crippen molar-refractivity contribution in [2.45, 2.75) is 11.8 Å². The third kappa shape index (κ3) is 6.94. The summed E-state index contributed by atoms with van der Waals surface area (Å²) in [7, 11) is -2.92. The van der Waals surface area contributed by atoms with Crippen LogP contribution in [0.3, 0.4) is 0 Å². The average molecular weight is 570 g/mol. The van der Waals surface area contributed by atoms with Gasteiger partial charge in [0.15, 0.2) is 11.5 Å². The highest BCUT2D eigenvalue weighted by molar-refractivity contribution is 9.10. The fourth-order valence-corrected chi connectivity index (χ4v) is 4.17. The molecule has 0 atom stereocenters. The molecule has 0 heterocycles. The summed E-state index contributed by atoms with van der Waals surface area (Å²) in [5.41, 5.74) is 1.06. The van der Waals surface area contributed by atoms with Crippen LogP contribution in [-0.2, 0) is 19.7 Å². The molecule has 9 nitrogen and oxygen atoms in total. The summed E-state index contributed by atoms with van der Waals surface area (Å²) in [6.07, 6.45) is 1.30. The monoisotopic (exact) mass is 569 g/mol. The molecule has 2 amide bonds. The number of carbonyl (C=O) groups excluding carboxylic acids is 2. The Bertz CT molecular complexity index is 1460. The minimum Gasteiger partial charge on any atom is -0.493 e. The lowest BCUT2D eigenvalue weighted by Gasteiger charge is -2.12. The van der Waals surface area contributed by atoms with Crippen molar-refractivity contribution in [1.82, 2.24) is 0 Å². The van der Waals surface area contributed by atoms with Gasteiger partial charge in [-0.2, -0.15) is 13.7 Å². The van der Waals surface area contributed by atoms with Crippen LogP contribution >= 0.6 is 15.9 Å². The van der Waals surface area contributed by atoms with Gasteiger partial charge in [-0.1, -0.05) is 22.0 Å². The molecule has 0 spiro atoms. The first-order valence-electron chi connectivity index (χ1n) is 10.3. The topological polar surface area (TPSA) is 135 Å². The smallest absolute Gasteiger partial charge is 0.339 e. The van der Waals surface area contributed by atoms with E-state index >= 15 is 0 Å². The van der Waals surface area contributed by atoms with Crippen molar-refractivity contribution in [3.63, 3.8) is 0 Å². The Labute approximate surface area is 216 Å². The molecule has 36 heavy (non-hydrogen) atoms. The number of nitriles is 1. The summed E-state index contributed by atoms with van der Waals surface area (Å²) in [5.74, 6) is -0.935. The van der Waals surface area contributed by atoms with E-state index in [0.29, 0.717) is 16.9 Å². The summed E-state index contributed by atoms with van der Waals surface area (Å²) < 4.78 is 37.0. The summed E-state index contributed by atoms with van der Waals surface area (Å²) >= 11 is 3.31. The zero-order valence-corrected chi connectivity index (χ0v) is 21.5. The summed E-state index contributed by atoms with van der Waals surface area (Å²) in [4.78, 5) is 23.6. The third-order valence-electron chi connectivity index (χ3n) is 4.63. The van der Waals surface area contributed by atoms with E-state index in [1.165, 1.54) is 56.5 Å². The zero-order valence-electron chi connectivity index (χ0n) is 19.1. The Hall–Kier alpha value is -4.14. The fraction of sp³-hybridized carbons (Fsp3) is 0.0800. The molecule has 3 rings (SSSR count). The average Bonchev–Trinajstić information content (AvgIpc) is 2.83. The second kappa shape index (κ2) is 11.5. The van der Waals surface area contributed by atoms with Crippen molar-refractivity contribution in [3.05, 3.63) is 82.3 Å². The number of anilines is 2. The number of ether oxygens (including phenoxy) is 1. The van der Waals surface area contributed by atoms with Crippen LogP contribution in [0, 0.1) is 11.3 Å². The van der Waals surface area contributed by atoms with E-state index in [2.05, 4.69) is 26.6 Å². The van der Waals surface area contributed by atoms with Gasteiger partial charge in [-0.3, -0.25) is 9.59 Å². The van der Waals surface area contributed by atoms with Crippen molar-refractivity contribution in [2.24, 2.45) is 0 Å². The zero-order chi connectivity index (χ0) is 26.3. The maximum Gasteiger partial charge on any atom is 0.339 e. The molecule has 0 radical (unpaired) electrons. The molecular weight excluding hydrogens is 550 g/mol. The first-order valence-corrected chi connectivity index (χ1v) is 12.5. The summed E-state index contributed by atoms with van der Waals surface area (Å²) in [6.45, 7) is 1.34. The van der Waals surface area contributed by atoms with Gasteiger partial charge in [0.2, 0.25) is 5.91 Å². The Balaban J connectivity index is 1.86. The Kier molecular flexibility index (Phi) is 8.47. The van der Waals surface area contributed by atoms with Gasteiger partial charge in [0, 0.05) is 22.8 Å². The predicted molar refractivity (Wildman–Crippen MR) is 138 cm³/mol. The number of amides is 2. The van der Waals surface area contributed by atoms with Gasteiger partial charge in [0.1, 0.15) is 16.5 Å². The molecule has 0 aliphatic rings. The molecular formula is C25H20BrN3O6S.